The average Bonchev–Trinajstić information content (AvgIpc) is 2.96. The van der Waals surface area contributed by atoms with Crippen LogP contribution < -0.4 is 5.32 Å². The van der Waals surface area contributed by atoms with Crippen LogP contribution in [0.1, 0.15) is 33.3 Å². The summed E-state index contributed by atoms with van der Waals surface area (Å²) >= 11 is 0. The summed E-state index contributed by atoms with van der Waals surface area (Å²) in [5, 5.41) is 7.19. The molecule has 0 saturated carbocycles. The summed E-state index contributed by atoms with van der Waals surface area (Å²) in [6, 6.07) is 16.3. The van der Waals surface area contributed by atoms with Crippen LogP contribution in [-0.4, -0.2) is 21.5 Å². The lowest BCUT2D eigenvalue weighted by Crippen LogP contribution is -2.12. The molecule has 3 aromatic rings. The second-order valence-corrected chi connectivity index (χ2v) is 5.48. The van der Waals surface area contributed by atoms with E-state index < -0.39 is 0 Å². The maximum absolute atomic E-state index is 12.4. The molecule has 5 heteroatoms. The van der Waals surface area contributed by atoms with E-state index in [1.807, 2.05) is 37.3 Å². The normalized spacial score (nSPS) is 10.4. The van der Waals surface area contributed by atoms with Gasteiger partial charge in [0.05, 0.1) is 23.3 Å². The summed E-state index contributed by atoms with van der Waals surface area (Å²) in [6.07, 6.45) is 1.63. The zero-order chi connectivity index (χ0) is 17.1. The van der Waals surface area contributed by atoms with E-state index in [-0.39, 0.29) is 11.7 Å². The van der Waals surface area contributed by atoms with Crippen LogP contribution in [0, 0.1) is 6.92 Å². The van der Waals surface area contributed by atoms with Crippen molar-refractivity contribution in [3.63, 3.8) is 0 Å². The third-order valence-electron chi connectivity index (χ3n) is 3.81. The summed E-state index contributed by atoms with van der Waals surface area (Å²) in [7, 11) is 0. The minimum atomic E-state index is -0.235. The highest BCUT2D eigenvalue weighted by molar-refractivity contribution is 6.05. The molecule has 1 amide bonds. The Bertz CT molecular complexity index is 881. The van der Waals surface area contributed by atoms with E-state index in [1.165, 1.54) is 6.92 Å². The predicted molar refractivity (Wildman–Crippen MR) is 92.7 cm³/mol. The molecule has 0 atom stereocenters. The van der Waals surface area contributed by atoms with Gasteiger partial charge >= 0.3 is 0 Å². The first-order chi connectivity index (χ1) is 11.6. The van der Waals surface area contributed by atoms with Crippen molar-refractivity contribution in [3.05, 3.63) is 77.6 Å². The molecule has 0 radical (unpaired) electrons. The third kappa shape index (κ3) is 3.10. The van der Waals surface area contributed by atoms with E-state index in [2.05, 4.69) is 10.4 Å². The molecule has 0 spiro atoms. The number of hydrogen-bond acceptors (Lipinski definition) is 3. The fourth-order valence-corrected chi connectivity index (χ4v) is 2.41. The van der Waals surface area contributed by atoms with Crippen LogP contribution >= 0.6 is 0 Å². The minimum absolute atomic E-state index is 0.0260. The Morgan fingerprint density at radius 1 is 0.958 bits per heavy atom. The molecular weight excluding hydrogens is 302 g/mol. The molecule has 0 fully saturated rings. The van der Waals surface area contributed by atoms with Crippen molar-refractivity contribution < 1.29 is 9.59 Å². The molecule has 5 nitrogen and oxygen atoms in total. The van der Waals surface area contributed by atoms with Crippen LogP contribution in [0.3, 0.4) is 0 Å². The van der Waals surface area contributed by atoms with Gasteiger partial charge in [-0.05, 0) is 38.1 Å². The van der Waals surface area contributed by atoms with E-state index in [4.69, 9.17) is 0 Å². The number of carbonyl (C=O) groups excluding carboxylic acids is 2. The summed E-state index contributed by atoms with van der Waals surface area (Å²) in [5.41, 5.74) is 3.50. The Kier molecular flexibility index (Phi) is 4.24. The van der Waals surface area contributed by atoms with Crippen molar-refractivity contribution in [1.29, 1.82) is 0 Å². The number of nitrogens with zero attached hydrogens (tertiary/aromatic N) is 2. The maximum Gasteiger partial charge on any atom is 0.255 e. The number of amides is 1. The molecule has 3 rings (SSSR count). The highest BCUT2D eigenvalue weighted by atomic mass is 16.1. The molecule has 0 aliphatic heterocycles. The SMILES string of the molecule is CC(=O)c1ccc(C(=O)Nc2cnn(-c3ccccc3)c2C)cc1. The van der Waals surface area contributed by atoms with Crippen LogP contribution in [0.4, 0.5) is 5.69 Å². The molecule has 1 aromatic heterocycles. The van der Waals surface area contributed by atoms with Gasteiger partial charge in [0.1, 0.15) is 0 Å². The van der Waals surface area contributed by atoms with E-state index in [9.17, 15) is 9.59 Å². The Morgan fingerprint density at radius 2 is 1.58 bits per heavy atom. The van der Waals surface area contributed by atoms with Crippen molar-refractivity contribution in [3.8, 4) is 5.69 Å². The summed E-state index contributed by atoms with van der Waals surface area (Å²) < 4.78 is 1.77. The molecular formula is C19H17N3O2. The fourth-order valence-electron chi connectivity index (χ4n) is 2.41. The molecule has 0 aliphatic rings. The predicted octanol–water partition coefficient (Wildman–Crippen LogP) is 3.64. The summed E-state index contributed by atoms with van der Waals surface area (Å²) in [4.78, 5) is 23.6. The molecule has 1 N–H and O–H groups in total. The Balaban J connectivity index is 1.80. The second-order valence-electron chi connectivity index (χ2n) is 5.48. The number of carbonyl (C=O) groups is 2. The number of aromatic nitrogens is 2. The molecule has 0 unspecified atom stereocenters. The van der Waals surface area contributed by atoms with Gasteiger partial charge < -0.3 is 5.32 Å². The van der Waals surface area contributed by atoms with Crippen LogP contribution in [0.5, 0.6) is 0 Å². The standard InChI is InChI=1S/C19H17N3O2/c1-13-18(12-20-22(13)17-6-4-3-5-7-17)21-19(24)16-10-8-15(9-11-16)14(2)23/h3-12H,1-2H3,(H,21,24). The van der Waals surface area contributed by atoms with E-state index in [0.29, 0.717) is 16.8 Å². The number of hydrogen-bond donors (Lipinski definition) is 1. The first-order valence-electron chi connectivity index (χ1n) is 7.58. The fraction of sp³-hybridized carbons (Fsp3) is 0.105. The number of para-hydroxylation sites is 1. The highest BCUT2D eigenvalue weighted by Gasteiger charge is 2.12. The Morgan fingerprint density at radius 3 is 2.21 bits per heavy atom. The van der Waals surface area contributed by atoms with Crippen molar-refractivity contribution in [2.45, 2.75) is 13.8 Å². The van der Waals surface area contributed by atoms with Crippen molar-refractivity contribution in [2.75, 3.05) is 5.32 Å². The van der Waals surface area contributed by atoms with Gasteiger partial charge in [-0.15, -0.1) is 0 Å². The number of Topliss-reactive ketones (excluding diaryl/α,β-unsaturated/α-hetero) is 1. The summed E-state index contributed by atoms with van der Waals surface area (Å²) in [6.45, 7) is 3.39. The number of ketones is 1. The first-order valence-corrected chi connectivity index (χ1v) is 7.58. The van der Waals surface area contributed by atoms with Crippen molar-refractivity contribution in [1.82, 2.24) is 9.78 Å². The Labute approximate surface area is 139 Å². The molecule has 24 heavy (non-hydrogen) atoms. The molecule has 0 bridgehead atoms. The van der Waals surface area contributed by atoms with Crippen molar-refractivity contribution >= 4 is 17.4 Å². The van der Waals surface area contributed by atoms with E-state index in [0.717, 1.165) is 11.4 Å². The largest absolute Gasteiger partial charge is 0.319 e. The topological polar surface area (TPSA) is 64.0 Å². The molecule has 2 aromatic carbocycles. The second kappa shape index (κ2) is 6.50. The van der Waals surface area contributed by atoms with Gasteiger partial charge in [0.2, 0.25) is 0 Å². The van der Waals surface area contributed by atoms with Crippen LogP contribution in [0.15, 0.2) is 60.8 Å². The lowest BCUT2D eigenvalue weighted by Gasteiger charge is -2.07. The van der Waals surface area contributed by atoms with Gasteiger partial charge in [-0.25, -0.2) is 4.68 Å². The van der Waals surface area contributed by atoms with Gasteiger partial charge in [-0.2, -0.15) is 5.10 Å². The average molecular weight is 319 g/mol. The van der Waals surface area contributed by atoms with Gasteiger partial charge in [-0.1, -0.05) is 30.3 Å². The van der Waals surface area contributed by atoms with Crippen LogP contribution in [-0.2, 0) is 0 Å². The zero-order valence-electron chi connectivity index (χ0n) is 13.5. The highest BCUT2D eigenvalue weighted by Crippen LogP contribution is 2.19. The van der Waals surface area contributed by atoms with Crippen LogP contribution in [0.25, 0.3) is 5.69 Å². The number of rotatable bonds is 4. The Hall–Kier alpha value is -3.21. The maximum atomic E-state index is 12.4. The quantitative estimate of drug-likeness (QED) is 0.747. The molecule has 0 saturated heterocycles. The van der Waals surface area contributed by atoms with Gasteiger partial charge in [0, 0.05) is 11.1 Å². The van der Waals surface area contributed by atoms with E-state index in [1.54, 1.807) is 35.1 Å². The van der Waals surface area contributed by atoms with Crippen LogP contribution in [0.2, 0.25) is 0 Å². The number of nitrogens with one attached hydrogen (secondary N) is 1. The molecule has 0 aliphatic carbocycles. The first kappa shape index (κ1) is 15.7. The molecule has 1 heterocycles. The van der Waals surface area contributed by atoms with Gasteiger partial charge in [-0.3, -0.25) is 9.59 Å². The summed E-state index contributed by atoms with van der Waals surface area (Å²) in [5.74, 6) is -0.261. The lowest BCUT2D eigenvalue weighted by molar-refractivity contribution is 0.100. The third-order valence-corrected chi connectivity index (χ3v) is 3.81. The molecule has 120 valence electrons. The smallest absolute Gasteiger partial charge is 0.255 e. The van der Waals surface area contributed by atoms with E-state index >= 15 is 0 Å². The lowest BCUT2D eigenvalue weighted by atomic mass is 10.1. The number of benzene rings is 2. The van der Waals surface area contributed by atoms with Gasteiger partial charge in [0.25, 0.3) is 5.91 Å². The monoisotopic (exact) mass is 319 g/mol. The zero-order valence-corrected chi connectivity index (χ0v) is 13.5. The minimum Gasteiger partial charge on any atom is -0.319 e. The number of anilines is 1. The van der Waals surface area contributed by atoms with Gasteiger partial charge in [0.15, 0.2) is 5.78 Å². The van der Waals surface area contributed by atoms with Crippen molar-refractivity contribution in [2.24, 2.45) is 0 Å².